The van der Waals surface area contributed by atoms with Crippen LogP contribution in [0.4, 0.5) is 0 Å². The van der Waals surface area contributed by atoms with Crippen LogP contribution in [-0.2, 0) is 4.79 Å². The van der Waals surface area contributed by atoms with Crippen molar-refractivity contribution in [2.24, 2.45) is 0 Å². The van der Waals surface area contributed by atoms with E-state index in [0.717, 1.165) is 19.5 Å². The molecule has 0 spiro atoms. The maximum Gasteiger partial charge on any atom is 0.164 e. The van der Waals surface area contributed by atoms with E-state index in [2.05, 4.69) is 5.32 Å². The van der Waals surface area contributed by atoms with Gasteiger partial charge in [0.1, 0.15) is 5.60 Å². The van der Waals surface area contributed by atoms with Crippen LogP contribution in [0.3, 0.4) is 0 Å². The quantitative estimate of drug-likeness (QED) is 0.649. The van der Waals surface area contributed by atoms with E-state index >= 15 is 0 Å². The van der Waals surface area contributed by atoms with Crippen LogP contribution in [0, 0.1) is 0 Å². The van der Waals surface area contributed by atoms with Gasteiger partial charge in [-0.15, -0.1) is 0 Å². The summed E-state index contributed by atoms with van der Waals surface area (Å²) >= 11 is 0. The van der Waals surface area contributed by atoms with Crippen LogP contribution in [0.1, 0.15) is 32.6 Å². The zero-order chi connectivity index (χ0) is 9.03. The summed E-state index contributed by atoms with van der Waals surface area (Å²) in [5, 5.41) is 13.0. The van der Waals surface area contributed by atoms with Crippen molar-refractivity contribution in [1.82, 2.24) is 5.32 Å². The Morgan fingerprint density at radius 3 is 2.58 bits per heavy atom. The molecule has 1 saturated heterocycles. The lowest BCUT2D eigenvalue weighted by Gasteiger charge is -2.30. The topological polar surface area (TPSA) is 49.3 Å². The fourth-order valence-corrected chi connectivity index (χ4v) is 1.58. The molecular formula is C9H17NO2. The van der Waals surface area contributed by atoms with Crippen molar-refractivity contribution in [2.75, 3.05) is 13.1 Å². The molecule has 12 heavy (non-hydrogen) atoms. The fraction of sp³-hybridized carbons (Fsp3) is 0.889. The number of rotatable bonds is 3. The van der Waals surface area contributed by atoms with Crippen molar-refractivity contribution in [3.63, 3.8) is 0 Å². The summed E-state index contributed by atoms with van der Waals surface area (Å²) in [7, 11) is 0. The summed E-state index contributed by atoms with van der Waals surface area (Å²) in [6.07, 6.45) is 2.49. The molecule has 1 rings (SSSR count). The van der Waals surface area contributed by atoms with Crippen molar-refractivity contribution in [1.29, 1.82) is 0 Å². The van der Waals surface area contributed by atoms with E-state index in [4.69, 9.17) is 0 Å². The Morgan fingerprint density at radius 2 is 2.08 bits per heavy atom. The van der Waals surface area contributed by atoms with E-state index in [9.17, 15) is 9.90 Å². The lowest BCUT2D eigenvalue weighted by Crippen LogP contribution is -2.47. The van der Waals surface area contributed by atoms with Crippen molar-refractivity contribution in [2.45, 2.75) is 38.2 Å². The summed E-state index contributed by atoms with van der Waals surface area (Å²) in [5.41, 5.74) is -1.01. The predicted molar refractivity (Wildman–Crippen MR) is 47.0 cm³/mol. The lowest BCUT2D eigenvalue weighted by molar-refractivity contribution is -0.139. The van der Waals surface area contributed by atoms with Crippen molar-refractivity contribution >= 4 is 5.78 Å². The second-order valence-electron chi connectivity index (χ2n) is 3.45. The van der Waals surface area contributed by atoms with Gasteiger partial charge in [0.15, 0.2) is 5.78 Å². The van der Waals surface area contributed by atoms with E-state index < -0.39 is 5.60 Å². The Balaban J connectivity index is 2.50. The third-order valence-electron chi connectivity index (χ3n) is 2.43. The first kappa shape index (κ1) is 9.68. The zero-order valence-electron chi connectivity index (χ0n) is 7.60. The minimum atomic E-state index is -1.01. The third-order valence-corrected chi connectivity index (χ3v) is 2.43. The molecule has 1 heterocycles. The molecule has 1 aliphatic rings. The lowest BCUT2D eigenvalue weighted by atomic mass is 9.86. The molecule has 0 amide bonds. The Bertz CT molecular complexity index is 162. The molecule has 0 atom stereocenters. The van der Waals surface area contributed by atoms with Crippen molar-refractivity contribution < 1.29 is 9.90 Å². The van der Waals surface area contributed by atoms with E-state index in [1.807, 2.05) is 6.92 Å². The van der Waals surface area contributed by atoms with Crippen LogP contribution >= 0.6 is 0 Å². The van der Waals surface area contributed by atoms with Crippen molar-refractivity contribution in [3.8, 4) is 0 Å². The summed E-state index contributed by atoms with van der Waals surface area (Å²) in [5.74, 6) is 0.0199. The standard InChI is InChI=1S/C9H17NO2/c1-2-3-8(11)9(12)4-6-10-7-5-9/h10,12H,2-7H2,1H3. The molecule has 3 heteroatoms. The molecule has 1 fully saturated rings. The first-order valence-electron chi connectivity index (χ1n) is 4.65. The predicted octanol–water partition coefficient (Wildman–Crippen LogP) is 0.470. The van der Waals surface area contributed by atoms with Crippen LogP contribution in [0.5, 0.6) is 0 Å². The van der Waals surface area contributed by atoms with Gasteiger partial charge in [-0.2, -0.15) is 0 Å². The number of piperidine rings is 1. The minimum Gasteiger partial charge on any atom is -0.382 e. The second kappa shape index (κ2) is 4.01. The fourth-order valence-electron chi connectivity index (χ4n) is 1.58. The largest absolute Gasteiger partial charge is 0.382 e. The highest BCUT2D eigenvalue weighted by Crippen LogP contribution is 2.20. The molecular weight excluding hydrogens is 154 g/mol. The SMILES string of the molecule is CCCC(=O)C1(O)CCNCC1. The van der Waals surface area contributed by atoms with Crippen LogP contribution in [0.2, 0.25) is 0 Å². The molecule has 0 aromatic rings. The van der Waals surface area contributed by atoms with E-state index in [1.165, 1.54) is 0 Å². The van der Waals surface area contributed by atoms with Gasteiger partial charge in [0, 0.05) is 6.42 Å². The summed E-state index contributed by atoms with van der Waals surface area (Å²) in [6, 6.07) is 0. The first-order valence-corrected chi connectivity index (χ1v) is 4.65. The number of aliphatic hydroxyl groups is 1. The summed E-state index contributed by atoms with van der Waals surface area (Å²) < 4.78 is 0. The molecule has 2 N–H and O–H groups in total. The average Bonchev–Trinajstić information content (AvgIpc) is 2.06. The van der Waals surface area contributed by atoms with E-state index in [1.54, 1.807) is 0 Å². The number of carbonyl (C=O) groups excluding carboxylic acids is 1. The maximum absolute atomic E-state index is 11.4. The smallest absolute Gasteiger partial charge is 0.164 e. The Kier molecular flexibility index (Phi) is 3.23. The normalized spacial score (nSPS) is 22.2. The van der Waals surface area contributed by atoms with Crippen LogP contribution in [0.25, 0.3) is 0 Å². The van der Waals surface area contributed by atoms with Crippen molar-refractivity contribution in [3.05, 3.63) is 0 Å². The van der Waals surface area contributed by atoms with Gasteiger partial charge in [-0.05, 0) is 32.4 Å². The number of Topliss-reactive ketones (excluding diaryl/α,β-unsaturated/α-hetero) is 1. The Labute approximate surface area is 73.2 Å². The molecule has 0 saturated carbocycles. The molecule has 0 aliphatic carbocycles. The van der Waals surface area contributed by atoms with Gasteiger partial charge in [-0.1, -0.05) is 6.92 Å². The number of nitrogens with one attached hydrogen (secondary N) is 1. The summed E-state index contributed by atoms with van der Waals surface area (Å²) in [4.78, 5) is 11.4. The molecule has 0 unspecified atom stereocenters. The monoisotopic (exact) mass is 171 g/mol. The highest BCUT2D eigenvalue weighted by atomic mass is 16.3. The second-order valence-corrected chi connectivity index (χ2v) is 3.45. The Morgan fingerprint density at radius 1 is 1.50 bits per heavy atom. The van der Waals surface area contributed by atoms with Gasteiger partial charge >= 0.3 is 0 Å². The minimum absolute atomic E-state index is 0.0199. The van der Waals surface area contributed by atoms with E-state index in [0.29, 0.717) is 19.3 Å². The highest BCUT2D eigenvalue weighted by molar-refractivity contribution is 5.87. The van der Waals surface area contributed by atoms with Crippen LogP contribution in [-0.4, -0.2) is 29.6 Å². The first-order chi connectivity index (χ1) is 5.69. The number of hydrogen-bond donors (Lipinski definition) is 2. The summed E-state index contributed by atoms with van der Waals surface area (Å²) in [6.45, 7) is 3.47. The highest BCUT2D eigenvalue weighted by Gasteiger charge is 2.35. The molecule has 0 bridgehead atoms. The van der Waals surface area contributed by atoms with E-state index in [-0.39, 0.29) is 5.78 Å². The van der Waals surface area contributed by atoms with Gasteiger partial charge in [0.25, 0.3) is 0 Å². The molecule has 0 aromatic carbocycles. The van der Waals surface area contributed by atoms with Gasteiger partial charge in [-0.25, -0.2) is 0 Å². The molecule has 0 aromatic heterocycles. The van der Waals surface area contributed by atoms with Gasteiger partial charge in [-0.3, -0.25) is 4.79 Å². The van der Waals surface area contributed by atoms with Gasteiger partial charge in [0.2, 0.25) is 0 Å². The van der Waals surface area contributed by atoms with Crippen LogP contribution in [0.15, 0.2) is 0 Å². The van der Waals surface area contributed by atoms with Gasteiger partial charge < -0.3 is 10.4 Å². The number of hydrogen-bond acceptors (Lipinski definition) is 3. The average molecular weight is 171 g/mol. The molecule has 0 radical (unpaired) electrons. The molecule has 3 nitrogen and oxygen atoms in total. The van der Waals surface area contributed by atoms with Crippen LogP contribution < -0.4 is 5.32 Å². The molecule has 70 valence electrons. The number of carbonyl (C=O) groups is 1. The third kappa shape index (κ3) is 2.05. The zero-order valence-corrected chi connectivity index (χ0v) is 7.60. The van der Waals surface area contributed by atoms with Gasteiger partial charge in [0.05, 0.1) is 0 Å². The Hall–Kier alpha value is -0.410. The number of ketones is 1. The maximum atomic E-state index is 11.4. The molecule has 1 aliphatic heterocycles.